The van der Waals surface area contributed by atoms with Gasteiger partial charge in [0.1, 0.15) is 11.6 Å². The van der Waals surface area contributed by atoms with Gasteiger partial charge in [-0.05, 0) is 27.7 Å². The first-order chi connectivity index (χ1) is 7.17. The zero-order valence-electron chi connectivity index (χ0n) is 9.91. The van der Waals surface area contributed by atoms with E-state index in [4.69, 9.17) is 16.3 Å². The molecule has 2 N–H and O–H groups in total. The fourth-order valence-electron chi connectivity index (χ4n) is 0.988. The third kappa shape index (κ3) is 5.92. The number of rotatable bonds is 4. The highest BCUT2D eigenvalue weighted by atomic mass is 35.5. The number of nitrogens with one attached hydrogen (secondary N) is 1. The van der Waals surface area contributed by atoms with Crippen molar-refractivity contribution >= 4 is 23.5 Å². The Morgan fingerprint density at radius 2 is 1.94 bits per heavy atom. The van der Waals surface area contributed by atoms with E-state index in [1.165, 1.54) is 6.92 Å². The molecule has 0 radical (unpaired) electrons. The van der Waals surface area contributed by atoms with Gasteiger partial charge in [-0.3, -0.25) is 4.79 Å². The lowest BCUT2D eigenvalue weighted by molar-refractivity contribution is -0.121. The minimum atomic E-state index is -1.03. The molecule has 5 nitrogen and oxygen atoms in total. The van der Waals surface area contributed by atoms with Crippen LogP contribution in [-0.2, 0) is 9.53 Å². The first-order valence-corrected chi connectivity index (χ1v) is 5.47. The SMILES string of the molecule is CC(O)C(NC(=O)OC(C)(C)C)C(=O)CCl. The largest absolute Gasteiger partial charge is 0.444 e. The first-order valence-electron chi connectivity index (χ1n) is 4.93. The van der Waals surface area contributed by atoms with E-state index in [1.807, 2.05) is 0 Å². The van der Waals surface area contributed by atoms with Crippen LogP contribution in [0.5, 0.6) is 0 Å². The molecule has 0 aliphatic heterocycles. The Bertz CT molecular complexity index is 260. The number of ether oxygens (including phenoxy) is 1. The second kappa shape index (κ2) is 6.06. The van der Waals surface area contributed by atoms with E-state index >= 15 is 0 Å². The molecule has 6 heteroatoms. The summed E-state index contributed by atoms with van der Waals surface area (Å²) >= 11 is 5.35. The Labute approximate surface area is 100 Å². The second-order valence-electron chi connectivity index (χ2n) is 4.46. The van der Waals surface area contributed by atoms with Crippen LogP contribution in [0.25, 0.3) is 0 Å². The lowest BCUT2D eigenvalue weighted by Gasteiger charge is -2.23. The molecule has 0 saturated carbocycles. The van der Waals surface area contributed by atoms with Crippen molar-refractivity contribution < 1.29 is 19.4 Å². The Morgan fingerprint density at radius 3 is 2.25 bits per heavy atom. The van der Waals surface area contributed by atoms with Crippen LogP contribution >= 0.6 is 11.6 Å². The predicted molar refractivity (Wildman–Crippen MR) is 60.6 cm³/mol. The molecular weight excluding hydrogens is 234 g/mol. The Kier molecular flexibility index (Phi) is 5.75. The average Bonchev–Trinajstić information content (AvgIpc) is 2.09. The maximum Gasteiger partial charge on any atom is 0.408 e. The highest BCUT2D eigenvalue weighted by Gasteiger charge is 2.27. The van der Waals surface area contributed by atoms with Crippen molar-refractivity contribution in [2.24, 2.45) is 0 Å². The van der Waals surface area contributed by atoms with Crippen molar-refractivity contribution in [3.8, 4) is 0 Å². The molecule has 2 unspecified atom stereocenters. The monoisotopic (exact) mass is 251 g/mol. The molecular formula is C10H18ClNO4. The highest BCUT2D eigenvalue weighted by Crippen LogP contribution is 2.07. The van der Waals surface area contributed by atoms with Gasteiger partial charge in [-0.2, -0.15) is 0 Å². The van der Waals surface area contributed by atoms with Gasteiger partial charge >= 0.3 is 6.09 Å². The lowest BCUT2D eigenvalue weighted by atomic mass is 10.1. The van der Waals surface area contributed by atoms with Gasteiger partial charge in [0.25, 0.3) is 0 Å². The molecule has 94 valence electrons. The number of amides is 1. The molecule has 0 aliphatic rings. The molecule has 0 aromatic rings. The van der Waals surface area contributed by atoms with Gasteiger partial charge in [-0.25, -0.2) is 4.79 Å². The maximum atomic E-state index is 11.4. The molecule has 16 heavy (non-hydrogen) atoms. The Morgan fingerprint density at radius 1 is 1.44 bits per heavy atom. The van der Waals surface area contributed by atoms with Crippen LogP contribution in [-0.4, -0.2) is 40.6 Å². The summed E-state index contributed by atoms with van der Waals surface area (Å²) in [5, 5.41) is 11.6. The van der Waals surface area contributed by atoms with E-state index in [0.29, 0.717) is 0 Å². The highest BCUT2D eigenvalue weighted by molar-refractivity contribution is 6.28. The third-order valence-electron chi connectivity index (χ3n) is 1.63. The Balaban J connectivity index is 4.42. The van der Waals surface area contributed by atoms with Crippen molar-refractivity contribution in [1.29, 1.82) is 0 Å². The van der Waals surface area contributed by atoms with Crippen LogP contribution in [0.2, 0.25) is 0 Å². The number of hydrogen-bond acceptors (Lipinski definition) is 4. The van der Waals surface area contributed by atoms with Gasteiger partial charge in [0.05, 0.1) is 12.0 Å². The number of alkyl carbamates (subject to hydrolysis) is 1. The molecule has 0 bridgehead atoms. The van der Waals surface area contributed by atoms with Crippen LogP contribution in [0, 0.1) is 0 Å². The van der Waals surface area contributed by atoms with Gasteiger partial charge in [-0.1, -0.05) is 0 Å². The molecule has 0 fully saturated rings. The number of carbonyl (C=O) groups is 2. The zero-order chi connectivity index (χ0) is 12.9. The van der Waals surface area contributed by atoms with Gasteiger partial charge in [0.2, 0.25) is 0 Å². The summed E-state index contributed by atoms with van der Waals surface area (Å²) in [5.74, 6) is -0.728. The number of aliphatic hydroxyl groups excluding tert-OH is 1. The molecule has 0 heterocycles. The van der Waals surface area contributed by atoms with Crippen molar-refractivity contribution in [3.63, 3.8) is 0 Å². The number of aliphatic hydroxyl groups is 1. The zero-order valence-corrected chi connectivity index (χ0v) is 10.7. The lowest BCUT2D eigenvalue weighted by Crippen LogP contribution is -2.49. The van der Waals surface area contributed by atoms with Crippen molar-refractivity contribution in [2.45, 2.75) is 45.4 Å². The summed E-state index contributed by atoms with van der Waals surface area (Å²) in [7, 11) is 0. The molecule has 0 aliphatic carbocycles. The maximum absolute atomic E-state index is 11.4. The molecule has 1 amide bonds. The molecule has 0 rings (SSSR count). The number of halogens is 1. The first kappa shape index (κ1) is 15.2. The number of carbonyl (C=O) groups excluding carboxylic acids is 2. The average molecular weight is 252 g/mol. The predicted octanol–water partition coefficient (Wildman–Crippen LogP) is 1.07. The number of ketones is 1. The topological polar surface area (TPSA) is 75.6 Å². The van der Waals surface area contributed by atoms with Crippen LogP contribution in [0.4, 0.5) is 4.79 Å². The third-order valence-corrected chi connectivity index (χ3v) is 1.90. The summed E-state index contributed by atoms with van der Waals surface area (Å²) in [6.45, 7) is 6.50. The van der Waals surface area contributed by atoms with Crippen molar-refractivity contribution in [2.75, 3.05) is 5.88 Å². The van der Waals surface area contributed by atoms with E-state index in [2.05, 4.69) is 5.32 Å². The second-order valence-corrected chi connectivity index (χ2v) is 4.73. The van der Waals surface area contributed by atoms with E-state index in [0.717, 1.165) is 0 Å². The molecule has 0 aromatic heterocycles. The number of alkyl halides is 1. The minimum absolute atomic E-state index is 0.272. The smallest absolute Gasteiger partial charge is 0.408 e. The van der Waals surface area contributed by atoms with E-state index < -0.39 is 29.6 Å². The number of hydrogen-bond donors (Lipinski definition) is 2. The summed E-state index contributed by atoms with van der Waals surface area (Å²) < 4.78 is 4.96. The summed E-state index contributed by atoms with van der Waals surface area (Å²) in [4.78, 5) is 22.6. The van der Waals surface area contributed by atoms with Crippen LogP contribution in [0.3, 0.4) is 0 Å². The normalized spacial score (nSPS) is 15.1. The standard InChI is InChI=1S/C10H18ClNO4/c1-6(13)8(7(14)5-11)12-9(15)16-10(2,3)4/h6,8,13H,5H2,1-4H3,(H,12,15). The number of Topliss-reactive ketones (excluding diaryl/α,β-unsaturated/α-hetero) is 1. The summed E-state index contributed by atoms with van der Waals surface area (Å²) in [6.07, 6.45) is -1.77. The molecule has 0 saturated heterocycles. The van der Waals surface area contributed by atoms with Gasteiger partial charge in [-0.15, -0.1) is 11.6 Å². The van der Waals surface area contributed by atoms with Crippen molar-refractivity contribution in [1.82, 2.24) is 5.32 Å². The molecule has 0 spiro atoms. The molecule has 2 atom stereocenters. The van der Waals surface area contributed by atoms with Crippen LogP contribution in [0.15, 0.2) is 0 Å². The van der Waals surface area contributed by atoms with E-state index in [1.54, 1.807) is 20.8 Å². The quantitative estimate of drug-likeness (QED) is 0.733. The van der Waals surface area contributed by atoms with E-state index in [9.17, 15) is 14.7 Å². The summed E-state index contributed by atoms with van der Waals surface area (Å²) in [5.41, 5.74) is -0.655. The minimum Gasteiger partial charge on any atom is -0.444 e. The fraction of sp³-hybridized carbons (Fsp3) is 0.800. The van der Waals surface area contributed by atoms with Gasteiger partial charge in [0.15, 0.2) is 5.78 Å². The van der Waals surface area contributed by atoms with Crippen molar-refractivity contribution in [3.05, 3.63) is 0 Å². The molecule has 0 aromatic carbocycles. The fourth-order valence-corrected chi connectivity index (χ4v) is 1.15. The Hall–Kier alpha value is -0.810. The summed E-state index contributed by atoms with van der Waals surface area (Å²) in [6, 6.07) is -1.03. The van der Waals surface area contributed by atoms with E-state index in [-0.39, 0.29) is 5.88 Å². The van der Waals surface area contributed by atoms with Gasteiger partial charge < -0.3 is 15.2 Å². The van der Waals surface area contributed by atoms with Crippen LogP contribution in [0.1, 0.15) is 27.7 Å². The van der Waals surface area contributed by atoms with Gasteiger partial charge in [0, 0.05) is 0 Å². The van der Waals surface area contributed by atoms with Crippen LogP contribution < -0.4 is 5.32 Å².